The van der Waals surface area contributed by atoms with Gasteiger partial charge >= 0.3 is 12.0 Å². The normalized spacial score (nSPS) is 11.8. The summed E-state index contributed by atoms with van der Waals surface area (Å²) >= 11 is 0. The largest absolute Gasteiger partial charge is 0.464 e. The van der Waals surface area contributed by atoms with E-state index in [0.29, 0.717) is 12.2 Å². The number of hydrogen-bond donors (Lipinski definition) is 2. The Balaban J connectivity index is 1.39. The van der Waals surface area contributed by atoms with E-state index in [1.54, 1.807) is 6.92 Å². The second-order valence-electron chi connectivity index (χ2n) is 14.4. The van der Waals surface area contributed by atoms with Crippen LogP contribution in [0.15, 0.2) is 140 Å². The SMILES string of the molecule is CCCCC(=O)N(Cc1ccc(-c2ccccc2-c2nnnn2C(c2ccccc2)(c2ccccc2)c2ccccc2)cc1)C(CNC(=O)NC(C)C)C(=O)OCC. The first kappa shape index (κ1) is 41.0. The van der Waals surface area contributed by atoms with Gasteiger partial charge in [-0.2, -0.15) is 0 Å². The number of amides is 3. The van der Waals surface area contributed by atoms with E-state index in [2.05, 4.69) is 52.2 Å². The zero-order valence-electron chi connectivity index (χ0n) is 33.5. The van der Waals surface area contributed by atoms with Crippen LogP contribution in [0.4, 0.5) is 4.79 Å². The Morgan fingerprint density at radius 1 is 0.741 bits per heavy atom. The van der Waals surface area contributed by atoms with E-state index < -0.39 is 23.6 Å². The number of nitrogens with one attached hydrogen (secondary N) is 2. The molecule has 1 unspecified atom stereocenters. The summed E-state index contributed by atoms with van der Waals surface area (Å²) in [6, 6.07) is 45.3. The minimum absolute atomic E-state index is 0.0914. The lowest BCUT2D eigenvalue weighted by Crippen LogP contribution is -2.53. The summed E-state index contributed by atoms with van der Waals surface area (Å²) in [4.78, 5) is 41.1. The molecule has 0 fully saturated rings. The highest BCUT2D eigenvalue weighted by molar-refractivity contribution is 5.86. The molecule has 1 heterocycles. The van der Waals surface area contributed by atoms with Crippen LogP contribution in [0.2, 0.25) is 0 Å². The maximum atomic E-state index is 13.7. The van der Waals surface area contributed by atoms with Crippen LogP contribution in [0.3, 0.4) is 0 Å². The Labute approximate surface area is 340 Å². The van der Waals surface area contributed by atoms with Crippen molar-refractivity contribution in [3.8, 4) is 22.5 Å². The first-order chi connectivity index (χ1) is 28.3. The molecule has 3 amide bonds. The Morgan fingerprint density at radius 2 is 1.29 bits per heavy atom. The van der Waals surface area contributed by atoms with Gasteiger partial charge in [0.25, 0.3) is 0 Å². The number of ether oxygens (including phenoxy) is 1. The second kappa shape index (κ2) is 19.5. The molecular weight excluding hydrogens is 727 g/mol. The van der Waals surface area contributed by atoms with Crippen LogP contribution in [0.25, 0.3) is 22.5 Å². The summed E-state index contributed by atoms with van der Waals surface area (Å²) in [6.07, 6.45) is 1.75. The Hall–Kier alpha value is -6.62. The highest BCUT2D eigenvalue weighted by atomic mass is 16.5. The molecule has 0 radical (unpaired) electrons. The quantitative estimate of drug-likeness (QED) is 0.0709. The van der Waals surface area contributed by atoms with Gasteiger partial charge in [0, 0.05) is 24.6 Å². The van der Waals surface area contributed by atoms with E-state index in [0.717, 1.165) is 45.4 Å². The van der Waals surface area contributed by atoms with Crippen molar-refractivity contribution < 1.29 is 19.1 Å². The molecule has 0 bridgehead atoms. The molecule has 6 rings (SSSR count). The number of benzene rings is 5. The van der Waals surface area contributed by atoms with Gasteiger partial charge in [-0.3, -0.25) is 4.79 Å². The van der Waals surface area contributed by atoms with Crippen molar-refractivity contribution in [3.63, 3.8) is 0 Å². The van der Waals surface area contributed by atoms with Crippen LogP contribution in [-0.4, -0.2) is 68.3 Å². The lowest BCUT2D eigenvalue weighted by atomic mass is 9.77. The van der Waals surface area contributed by atoms with Crippen molar-refractivity contribution in [2.45, 2.75) is 71.1 Å². The minimum Gasteiger partial charge on any atom is -0.464 e. The summed E-state index contributed by atoms with van der Waals surface area (Å²) < 4.78 is 7.33. The lowest BCUT2D eigenvalue weighted by molar-refractivity contribution is -0.155. The molecule has 0 saturated heterocycles. The zero-order valence-corrected chi connectivity index (χ0v) is 33.5. The predicted octanol–water partition coefficient (Wildman–Crippen LogP) is 8.01. The van der Waals surface area contributed by atoms with Gasteiger partial charge in [0.15, 0.2) is 5.82 Å². The number of tetrazole rings is 1. The Bertz CT molecular complexity index is 2150. The van der Waals surface area contributed by atoms with Crippen molar-refractivity contribution in [2.75, 3.05) is 13.2 Å². The first-order valence-corrected chi connectivity index (χ1v) is 19.9. The molecule has 58 heavy (non-hydrogen) atoms. The number of carbonyl (C=O) groups is 3. The Kier molecular flexibility index (Phi) is 13.8. The van der Waals surface area contributed by atoms with Crippen LogP contribution in [0.1, 0.15) is 69.2 Å². The summed E-state index contributed by atoms with van der Waals surface area (Å²) in [5, 5.41) is 19.3. The molecule has 5 aromatic carbocycles. The summed E-state index contributed by atoms with van der Waals surface area (Å²) in [6.45, 7) is 7.63. The van der Waals surface area contributed by atoms with E-state index in [4.69, 9.17) is 15.0 Å². The van der Waals surface area contributed by atoms with Gasteiger partial charge in [-0.1, -0.05) is 153 Å². The van der Waals surface area contributed by atoms with E-state index in [1.807, 2.05) is 129 Å². The van der Waals surface area contributed by atoms with Gasteiger partial charge in [-0.05, 0) is 71.0 Å². The maximum Gasteiger partial charge on any atom is 0.330 e. The molecule has 1 atom stereocenters. The molecule has 11 heteroatoms. The van der Waals surface area contributed by atoms with Crippen molar-refractivity contribution in [1.82, 2.24) is 35.7 Å². The smallest absolute Gasteiger partial charge is 0.330 e. The van der Waals surface area contributed by atoms with Gasteiger partial charge < -0.3 is 20.3 Å². The number of carbonyl (C=O) groups excluding carboxylic acids is 3. The molecule has 6 aromatic rings. The van der Waals surface area contributed by atoms with Crippen LogP contribution < -0.4 is 10.6 Å². The standard InChI is InChI=1S/C47H51N7O4/c1-5-7-27-43(55)53(42(45(56)58-6-2)32-48-46(57)49-34(3)4)33-35-28-30-36(31-29-35)40-25-17-18-26-41(40)44-50-51-52-54(44)47(37-19-11-8-12-20-37,38-21-13-9-14-22-38)39-23-15-10-16-24-39/h8-26,28-31,34,42H,5-7,27,32-33H2,1-4H3,(H2,48,49,57). The lowest BCUT2D eigenvalue weighted by Gasteiger charge is -2.36. The highest BCUT2D eigenvalue weighted by Crippen LogP contribution is 2.43. The molecule has 1 aromatic heterocycles. The van der Waals surface area contributed by atoms with E-state index in [1.165, 1.54) is 4.90 Å². The topological polar surface area (TPSA) is 131 Å². The van der Waals surface area contributed by atoms with Gasteiger partial charge in [0.05, 0.1) is 13.2 Å². The summed E-state index contributed by atoms with van der Waals surface area (Å²) in [7, 11) is 0. The fourth-order valence-corrected chi connectivity index (χ4v) is 7.31. The van der Waals surface area contributed by atoms with Crippen molar-refractivity contribution in [1.29, 1.82) is 0 Å². The van der Waals surface area contributed by atoms with Crippen molar-refractivity contribution >= 4 is 17.9 Å². The fraction of sp³-hybridized carbons (Fsp3) is 0.277. The molecule has 11 nitrogen and oxygen atoms in total. The van der Waals surface area contributed by atoms with Crippen LogP contribution >= 0.6 is 0 Å². The second-order valence-corrected chi connectivity index (χ2v) is 14.4. The maximum absolute atomic E-state index is 13.7. The summed E-state index contributed by atoms with van der Waals surface area (Å²) in [5.74, 6) is -0.181. The van der Waals surface area contributed by atoms with Crippen LogP contribution in [0, 0.1) is 0 Å². The number of nitrogens with zero attached hydrogens (tertiary/aromatic N) is 5. The van der Waals surface area contributed by atoms with Gasteiger partial charge in [0.1, 0.15) is 11.6 Å². The van der Waals surface area contributed by atoms with E-state index in [-0.39, 0.29) is 38.1 Å². The monoisotopic (exact) mass is 777 g/mol. The first-order valence-electron chi connectivity index (χ1n) is 19.9. The van der Waals surface area contributed by atoms with Crippen LogP contribution in [-0.2, 0) is 26.4 Å². The van der Waals surface area contributed by atoms with Crippen molar-refractivity contribution in [3.05, 3.63) is 162 Å². The number of hydrogen-bond acceptors (Lipinski definition) is 7. The molecule has 2 N–H and O–H groups in total. The predicted molar refractivity (Wildman–Crippen MR) is 225 cm³/mol. The summed E-state index contributed by atoms with van der Waals surface area (Å²) in [5.41, 5.74) is 5.54. The molecular formula is C47H51N7O4. The number of aromatic nitrogens is 4. The number of unbranched alkanes of at least 4 members (excludes halogenated alkanes) is 1. The third-order valence-corrected chi connectivity index (χ3v) is 10.0. The fourth-order valence-electron chi connectivity index (χ4n) is 7.31. The number of esters is 1. The van der Waals surface area contributed by atoms with Gasteiger partial charge in [-0.15, -0.1) is 5.10 Å². The third kappa shape index (κ3) is 9.15. The molecule has 0 aliphatic rings. The average molecular weight is 778 g/mol. The average Bonchev–Trinajstić information content (AvgIpc) is 3.74. The molecule has 0 saturated carbocycles. The zero-order chi connectivity index (χ0) is 40.9. The van der Waals surface area contributed by atoms with Gasteiger partial charge in [0.2, 0.25) is 5.91 Å². The van der Waals surface area contributed by atoms with Crippen molar-refractivity contribution in [2.24, 2.45) is 0 Å². The molecule has 0 aliphatic heterocycles. The van der Waals surface area contributed by atoms with E-state index >= 15 is 0 Å². The third-order valence-electron chi connectivity index (χ3n) is 10.0. The van der Waals surface area contributed by atoms with E-state index in [9.17, 15) is 14.4 Å². The van der Waals surface area contributed by atoms with Gasteiger partial charge in [-0.25, -0.2) is 14.3 Å². The molecule has 0 aliphatic carbocycles. The Morgan fingerprint density at radius 3 is 1.83 bits per heavy atom. The molecule has 0 spiro atoms. The highest BCUT2D eigenvalue weighted by Gasteiger charge is 2.42. The minimum atomic E-state index is -1.01. The van der Waals surface area contributed by atoms with Crippen LogP contribution in [0.5, 0.6) is 0 Å². The number of urea groups is 1. The molecule has 298 valence electrons. The number of rotatable bonds is 17.